The van der Waals surface area contributed by atoms with E-state index in [1.807, 2.05) is 30.3 Å². The molecule has 2 aromatic heterocycles. The summed E-state index contributed by atoms with van der Waals surface area (Å²) in [6.07, 6.45) is -5.59. The van der Waals surface area contributed by atoms with Crippen molar-refractivity contribution in [3.05, 3.63) is 83.3 Å². The summed E-state index contributed by atoms with van der Waals surface area (Å²) in [6, 6.07) is 16.9. The van der Waals surface area contributed by atoms with Gasteiger partial charge in [0.25, 0.3) is 0 Å². The van der Waals surface area contributed by atoms with E-state index in [-0.39, 0.29) is 11.0 Å². The van der Waals surface area contributed by atoms with Crippen LogP contribution in [0.1, 0.15) is 35.8 Å². The zero-order chi connectivity index (χ0) is 21.8. The number of aromatic nitrogens is 2. The molecule has 2 heterocycles. The van der Waals surface area contributed by atoms with Crippen LogP contribution in [0.15, 0.2) is 60.7 Å². The lowest BCUT2D eigenvalue weighted by atomic mass is 9.92. The molecule has 1 N–H and O–H groups in total. The molecule has 1 fully saturated rings. The fourth-order valence-corrected chi connectivity index (χ4v) is 4.80. The van der Waals surface area contributed by atoms with Gasteiger partial charge in [0.1, 0.15) is 21.2 Å². The number of pyridine rings is 1. The molecule has 3 nitrogen and oxygen atoms in total. The van der Waals surface area contributed by atoms with Gasteiger partial charge in [-0.15, -0.1) is 0 Å². The topological polar surface area (TPSA) is 46.0 Å². The van der Waals surface area contributed by atoms with Gasteiger partial charge in [-0.3, -0.25) is 0 Å². The summed E-state index contributed by atoms with van der Waals surface area (Å²) in [5.41, 5.74) is 2.16. The predicted molar refractivity (Wildman–Crippen MR) is 110 cm³/mol. The maximum atomic E-state index is 14.6. The average molecular weight is 444 g/mol. The van der Waals surface area contributed by atoms with Crippen LogP contribution in [0.4, 0.5) is 17.6 Å². The Morgan fingerprint density at radius 1 is 0.968 bits per heavy atom. The highest BCUT2D eigenvalue weighted by molar-refractivity contribution is 7.21. The minimum Gasteiger partial charge on any atom is -0.379 e. The predicted octanol–water partition coefficient (Wildman–Crippen LogP) is 6.17. The fourth-order valence-electron chi connectivity index (χ4n) is 3.84. The SMILES string of the molecule is O[C@@H](c1ccc(-c2nc3ccc(C4(c5ccccc5)CC4)nc3s2)c(F)c1)C(F)(F)F. The Bertz CT molecular complexity index is 1270. The molecule has 2 aromatic carbocycles. The molecule has 0 amide bonds. The van der Waals surface area contributed by atoms with Crippen molar-refractivity contribution in [2.75, 3.05) is 0 Å². The first-order valence-electron chi connectivity index (χ1n) is 9.66. The zero-order valence-corrected chi connectivity index (χ0v) is 16.8. The number of nitrogens with zero attached hydrogens (tertiary/aromatic N) is 2. The molecular weight excluding hydrogens is 428 g/mol. The molecule has 4 aromatic rings. The minimum absolute atomic E-state index is 0.0758. The highest BCUT2D eigenvalue weighted by Gasteiger charge is 2.47. The first-order valence-corrected chi connectivity index (χ1v) is 10.5. The molecule has 1 aliphatic rings. The second-order valence-electron chi connectivity index (χ2n) is 7.67. The molecule has 8 heteroatoms. The number of hydrogen-bond donors (Lipinski definition) is 1. The number of alkyl halides is 3. The van der Waals surface area contributed by atoms with E-state index in [2.05, 4.69) is 17.1 Å². The summed E-state index contributed by atoms with van der Waals surface area (Å²) in [7, 11) is 0. The largest absolute Gasteiger partial charge is 0.418 e. The molecule has 1 aliphatic carbocycles. The number of fused-ring (bicyclic) bond motifs is 1. The molecule has 0 bridgehead atoms. The molecule has 5 rings (SSSR count). The van der Waals surface area contributed by atoms with E-state index in [0.29, 0.717) is 21.4 Å². The van der Waals surface area contributed by atoms with Crippen LogP contribution in [-0.4, -0.2) is 21.3 Å². The molecule has 0 aliphatic heterocycles. The van der Waals surface area contributed by atoms with Crippen LogP contribution >= 0.6 is 11.3 Å². The van der Waals surface area contributed by atoms with E-state index >= 15 is 0 Å². The molecular formula is C23H16F4N2OS. The van der Waals surface area contributed by atoms with Gasteiger partial charge < -0.3 is 5.11 Å². The number of rotatable bonds is 4. The third-order valence-corrected chi connectivity index (χ3v) is 6.67. The number of benzene rings is 2. The van der Waals surface area contributed by atoms with Crippen LogP contribution < -0.4 is 0 Å². The summed E-state index contributed by atoms with van der Waals surface area (Å²) in [5.74, 6) is -0.872. The smallest absolute Gasteiger partial charge is 0.379 e. The Morgan fingerprint density at radius 2 is 1.71 bits per heavy atom. The molecule has 1 saturated carbocycles. The minimum atomic E-state index is -4.86. The lowest BCUT2D eigenvalue weighted by Crippen LogP contribution is -2.20. The van der Waals surface area contributed by atoms with Gasteiger partial charge in [0, 0.05) is 11.0 Å². The normalized spacial score (nSPS) is 16.4. The van der Waals surface area contributed by atoms with Gasteiger partial charge in [0.05, 0.1) is 5.69 Å². The summed E-state index contributed by atoms with van der Waals surface area (Å²) in [4.78, 5) is 9.85. The standard InChI is InChI=1S/C23H16F4N2OS/c24-16-12-13(19(30)23(25,26)27)6-7-15(16)20-28-17-8-9-18(29-21(17)31-20)22(10-11-22)14-4-2-1-3-5-14/h1-9,12,19,30H,10-11H2/t19-/m0/s1. The Balaban J connectivity index is 1.50. The lowest BCUT2D eigenvalue weighted by Gasteiger charge is -2.15. The first kappa shape index (κ1) is 20.1. The maximum absolute atomic E-state index is 14.6. The van der Waals surface area contributed by atoms with Gasteiger partial charge >= 0.3 is 6.18 Å². The second-order valence-corrected chi connectivity index (χ2v) is 8.65. The van der Waals surface area contributed by atoms with Crippen molar-refractivity contribution >= 4 is 21.7 Å². The van der Waals surface area contributed by atoms with Crippen LogP contribution in [0.3, 0.4) is 0 Å². The van der Waals surface area contributed by atoms with E-state index in [0.717, 1.165) is 24.6 Å². The highest BCUT2D eigenvalue weighted by Crippen LogP contribution is 2.53. The van der Waals surface area contributed by atoms with Gasteiger partial charge in [0.2, 0.25) is 0 Å². The van der Waals surface area contributed by atoms with Gasteiger partial charge in [-0.05, 0) is 48.2 Å². The van der Waals surface area contributed by atoms with Crippen molar-refractivity contribution in [3.8, 4) is 10.6 Å². The van der Waals surface area contributed by atoms with Crippen molar-refractivity contribution < 1.29 is 22.7 Å². The zero-order valence-electron chi connectivity index (χ0n) is 16.0. The Labute approximate surface area is 179 Å². The maximum Gasteiger partial charge on any atom is 0.418 e. The van der Waals surface area contributed by atoms with Crippen molar-refractivity contribution in [3.63, 3.8) is 0 Å². The second kappa shape index (κ2) is 7.10. The number of aliphatic hydroxyl groups is 1. The average Bonchev–Trinajstić information content (AvgIpc) is 3.46. The third kappa shape index (κ3) is 3.49. The number of thiazole rings is 1. The summed E-state index contributed by atoms with van der Waals surface area (Å²) in [6.45, 7) is 0. The van der Waals surface area contributed by atoms with Gasteiger partial charge in [0.15, 0.2) is 6.10 Å². The van der Waals surface area contributed by atoms with Gasteiger partial charge in [-0.25, -0.2) is 14.4 Å². The quantitative estimate of drug-likeness (QED) is 0.383. The molecule has 0 radical (unpaired) electrons. The molecule has 158 valence electrons. The lowest BCUT2D eigenvalue weighted by molar-refractivity contribution is -0.206. The van der Waals surface area contributed by atoms with Crippen LogP contribution in [0.5, 0.6) is 0 Å². The number of aliphatic hydroxyl groups excluding tert-OH is 1. The van der Waals surface area contributed by atoms with Crippen LogP contribution in [0, 0.1) is 5.82 Å². The van der Waals surface area contributed by atoms with Crippen LogP contribution in [0.2, 0.25) is 0 Å². The first-order chi connectivity index (χ1) is 14.8. The van der Waals surface area contributed by atoms with E-state index in [9.17, 15) is 22.7 Å². The Kier molecular flexibility index (Phi) is 4.60. The Hall–Kier alpha value is -2.84. The van der Waals surface area contributed by atoms with E-state index < -0.39 is 23.7 Å². The summed E-state index contributed by atoms with van der Waals surface area (Å²) < 4.78 is 52.7. The molecule has 31 heavy (non-hydrogen) atoms. The van der Waals surface area contributed by atoms with E-state index in [1.165, 1.54) is 23.0 Å². The molecule has 0 spiro atoms. The number of halogens is 4. The molecule has 0 unspecified atom stereocenters. The van der Waals surface area contributed by atoms with Crippen LogP contribution in [0.25, 0.3) is 20.9 Å². The van der Waals surface area contributed by atoms with Crippen molar-refractivity contribution in [2.45, 2.75) is 30.5 Å². The van der Waals surface area contributed by atoms with Crippen LogP contribution in [-0.2, 0) is 5.41 Å². The van der Waals surface area contributed by atoms with E-state index in [1.54, 1.807) is 0 Å². The monoisotopic (exact) mass is 444 g/mol. The Morgan fingerprint density at radius 3 is 2.35 bits per heavy atom. The van der Waals surface area contributed by atoms with Gasteiger partial charge in [-0.1, -0.05) is 47.7 Å². The van der Waals surface area contributed by atoms with Gasteiger partial charge in [-0.2, -0.15) is 13.2 Å². The number of hydrogen-bond acceptors (Lipinski definition) is 4. The van der Waals surface area contributed by atoms with Crippen molar-refractivity contribution in [1.29, 1.82) is 0 Å². The van der Waals surface area contributed by atoms with Crippen molar-refractivity contribution in [1.82, 2.24) is 9.97 Å². The van der Waals surface area contributed by atoms with E-state index in [4.69, 9.17) is 4.98 Å². The fraction of sp³-hybridized carbons (Fsp3) is 0.217. The molecule has 0 saturated heterocycles. The molecule has 1 atom stereocenters. The summed E-state index contributed by atoms with van der Waals surface area (Å²) in [5, 5.41) is 9.68. The summed E-state index contributed by atoms with van der Waals surface area (Å²) >= 11 is 1.19. The van der Waals surface area contributed by atoms with Crippen molar-refractivity contribution in [2.24, 2.45) is 0 Å². The third-order valence-electron chi connectivity index (χ3n) is 5.67. The highest BCUT2D eigenvalue weighted by atomic mass is 32.1.